The molecule has 5 aliphatic heterocycles. The van der Waals surface area contributed by atoms with Crippen LogP contribution in [0.15, 0.2) is 42.5 Å². The lowest BCUT2D eigenvalue weighted by Gasteiger charge is -2.36. The topological polar surface area (TPSA) is 88.2 Å². The molecule has 5 aliphatic rings. The quantitative estimate of drug-likeness (QED) is 0.694. The van der Waals surface area contributed by atoms with Gasteiger partial charge in [0.05, 0.1) is 17.5 Å². The summed E-state index contributed by atoms with van der Waals surface area (Å²) in [5.74, 6) is -0.939. The zero-order chi connectivity index (χ0) is 21.6. The number of hydrogen-bond acceptors (Lipinski definition) is 6. The first kappa shape index (κ1) is 18.2. The van der Waals surface area contributed by atoms with Crippen LogP contribution in [0, 0.1) is 11.8 Å². The van der Waals surface area contributed by atoms with Crippen LogP contribution in [-0.4, -0.2) is 48.4 Å². The number of hydrogen-bond donors (Lipinski definition) is 1. The Hall–Kier alpha value is -3.39. The Kier molecular flexibility index (Phi) is 3.47. The molecule has 7 rings (SSSR count). The predicted molar refractivity (Wildman–Crippen MR) is 113 cm³/mol. The largest absolute Gasteiger partial charge is 0.486 e. The summed E-state index contributed by atoms with van der Waals surface area (Å²) < 4.78 is 11.3. The van der Waals surface area contributed by atoms with Crippen molar-refractivity contribution in [1.82, 2.24) is 4.90 Å². The van der Waals surface area contributed by atoms with E-state index in [4.69, 9.17) is 9.47 Å². The van der Waals surface area contributed by atoms with E-state index in [0.29, 0.717) is 36.9 Å². The molecule has 162 valence electrons. The molecule has 2 aromatic rings. The number of fused-ring (bicyclic) bond motifs is 8. The lowest BCUT2D eigenvalue weighted by atomic mass is 9.75. The van der Waals surface area contributed by atoms with Gasteiger partial charge in [0.2, 0.25) is 17.7 Å². The van der Waals surface area contributed by atoms with Crippen LogP contribution in [0.4, 0.5) is 11.4 Å². The minimum atomic E-state index is -1.14. The number of rotatable bonds is 1. The van der Waals surface area contributed by atoms with Crippen molar-refractivity contribution >= 4 is 29.1 Å². The zero-order valence-electron chi connectivity index (χ0n) is 17.2. The third-order valence-corrected chi connectivity index (χ3v) is 7.68. The fourth-order valence-corrected chi connectivity index (χ4v) is 6.58. The average Bonchev–Trinajstić information content (AvgIpc) is 3.51. The standard InChI is InChI=1S/C24H21N3O5/c28-21-19-16-6-3-9-26(16)24(14-4-1-2-5-15(14)25-23(24)30)20(19)22(29)27(21)13-7-8-17-18(12-13)32-11-10-31-17/h1-2,4-5,7-8,12,16,19-20H,3,6,9-11H2,(H,25,30)/t16-,19-,20-,24+/m1/s1. The van der Waals surface area contributed by atoms with Crippen LogP contribution in [0.5, 0.6) is 11.5 Å². The first-order valence-corrected chi connectivity index (χ1v) is 11.1. The van der Waals surface area contributed by atoms with Gasteiger partial charge in [0.25, 0.3) is 0 Å². The second kappa shape index (κ2) is 6.10. The molecule has 8 heteroatoms. The summed E-state index contributed by atoms with van der Waals surface area (Å²) >= 11 is 0. The number of para-hydroxylation sites is 1. The minimum absolute atomic E-state index is 0.129. The first-order chi connectivity index (χ1) is 15.6. The number of nitrogens with zero attached hydrogens (tertiary/aromatic N) is 2. The number of carbonyl (C=O) groups is 3. The van der Waals surface area contributed by atoms with Crippen molar-refractivity contribution in [2.75, 3.05) is 30.0 Å². The van der Waals surface area contributed by atoms with E-state index in [1.165, 1.54) is 4.90 Å². The van der Waals surface area contributed by atoms with Crippen LogP contribution >= 0.6 is 0 Å². The molecule has 1 spiro atoms. The number of nitrogens with one attached hydrogen (secondary N) is 1. The number of ether oxygens (including phenoxy) is 2. The van der Waals surface area contributed by atoms with Gasteiger partial charge in [-0.1, -0.05) is 18.2 Å². The Morgan fingerprint density at radius 3 is 2.66 bits per heavy atom. The third-order valence-electron chi connectivity index (χ3n) is 7.68. The zero-order valence-corrected chi connectivity index (χ0v) is 17.2. The molecule has 4 atom stereocenters. The summed E-state index contributed by atoms with van der Waals surface area (Å²) in [6.45, 7) is 1.58. The monoisotopic (exact) mass is 431 g/mol. The molecule has 3 fully saturated rings. The van der Waals surface area contributed by atoms with Gasteiger partial charge in [0, 0.05) is 23.4 Å². The average molecular weight is 431 g/mol. The van der Waals surface area contributed by atoms with Gasteiger partial charge >= 0.3 is 0 Å². The maximum absolute atomic E-state index is 13.9. The molecular formula is C24H21N3O5. The highest BCUT2D eigenvalue weighted by Gasteiger charge is 2.74. The van der Waals surface area contributed by atoms with Crippen molar-refractivity contribution in [3.05, 3.63) is 48.0 Å². The van der Waals surface area contributed by atoms with E-state index in [2.05, 4.69) is 10.2 Å². The molecular weight excluding hydrogens is 410 g/mol. The van der Waals surface area contributed by atoms with Crippen LogP contribution < -0.4 is 19.7 Å². The fraction of sp³-hybridized carbons (Fsp3) is 0.375. The van der Waals surface area contributed by atoms with Crippen LogP contribution in [-0.2, 0) is 19.9 Å². The Labute approximate surface area is 184 Å². The lowest BCUT2D eigenvalue weighted by Crippen LogP contribution is -2.54. The van der Waals surface area contributed by atoms with E-state index >= 15 is 0 Å². The second-order valence-corrected chi connectivity index (χ2v) is 9.01. The summed E-state index contributed by atoms with van der Waals surface area (Å²) in [7, 11) is 0. The Bertz CT molecular complexity index is 1210. The number of imide groups is 1. The van der Waals surface area contributed by atoms with Crippen molar-refractivity contribution < 1.29 is 23.9 Å². The molecule has 3 saturated heterocycles. The summed E-state index contributed by atoms with van der Waals surface area (Å²) in [6, 6.07) is 12.5. The van der Waals surface area contributed by atoms with Gasteiger partial charge in [0.15, 0.2) is 11.5 Å². The van der Waals surface area contributed by atoms with E-state index in [0.717, 1.165) is 24.1 Å². The number of amides is 3. The number of benzene rings is 2. The van der Waals surface area contributed by atoms with Gasteiger partial charge in [-0.15, -0.1) is 0 Å². The molecule has 8 nitrogen and oxygen atoms in total. The summed E-state index contributed by atoms with van der Waals surface area (Å²) in [6.07, 6.45) is 1.70. The van der Waals surface area contributed by atoms with Crippen LogP contribution in [0.2, 0.25) is 0 Å². The second-order valence-electron chi connectivity index (χ2n) is 9.01. The molecule has 2 aromatic carbocycles. The highest BCUT2D eigenvalue weighted by atomic mass is 16.6. The predicted octanol–water partition coefficient (Wildman–Crippen LogP) is 1.89. The molecule has 32 heavy (non-hydrogen) atoms. The van der Waals surface area contributed by atoms with Gasteiger partial charge in [-0.25, -0.2) is 4.90 Å². The Morgan fingerprint density at radius 2 is 1.78 bits per heavy atom. The SMILES string of the molecule is O=C1[C@@H]2[C@H]3CCCN3[C@]3(C(=O)Nc4ccccc43)[C@H]2C(=O)N1c1ccc2c(c1)OCCO2. The lowest BCUT2D eigenvalue weighted by molar-refractivity contribution is -0.135. The van der Waals surface area contributed by atoms with E-state index in [9.17, 15) is 14.4 Å². The number of carbonyl (C=O) groups excluding carboxylic acids is 3. The summed E-state index contributed by atoms with van der Waals surface area (Å²) in [5, 5.41) is 2.99. The van der Waals surface area contributed by atoms with Crippen LogP contribution in [0.1, 0.15) is 18.4 Å². The normalized spacial score (nSPS) is 32.3. The molecule has 1 N–H and O–H groups in total. The highest BCUT2D eigenvalue weighted by molar-refractivity contribution is 6.26. The maximum atomic E-state index is 13.9. The molecule has 0 bridgehead atoms. The Balaban J connectivity index is 1.39. The van der Waals surface area contributed by atoms with E-state index in [-0.39, 0.29) is 23.8 Å². The molecule has 0 radical (unpaired) electrons. The summed E-state index contributed by atoms with van der Waals surface area (Å²) in [5.41, 5.74) is 0.846. The fourth-order valence-electron chi connectivity index (χ4n) is 6.58. The molecule has 0 aliphatic carbocycles. The third kappa shape index (κ3) is 1.99. The molecule has 0 saturated carbocycles. The van der Waals surface area contributed by atoms with Gasteiger partial charge < -0.3 is 14.8 Å². The maximum Gasteiger partial charge on any atom is 0.250 e. The van der Waals surface area contributed by atoms with Crippen molar-refractivity contribution in [3.8, 4) is 11.5 Å². The first-order valence-electron chi connectivity index (χ1n) is 11.1. The van der Waals surface area contributed by atoms with E-state index in [1.807, 2.05) is 24.3 Å². The van der Waals surface area contributed by atoms with Crippen LogP contribution in [0.25, 0.3) is 0 Å². The van der Waals surface area contributed by atoms with E-state index in [1.54, 1.807) is 18.2 Å². The smallest absolute Gasteiger partial charge is 0.250 e. The molecule has 3 amide bonds. The van der Waals surface area contributed by atoms with Gasteiger partial charge in [0.1, 0.15) is 18.8 Å². The minimum Gasteiger partial charge on any atom is -0.486 e. The van der Waals surface area contributed by atoms with Crippen molar-refractivity contribution in [2.24, 2.45) is 11.8 Å². The van der Waals surface area contributed by atoms with Crippen molar-refractivity contribution in [1.29, 1.82) is 0 Å². The molecule has 0 unspecified atom stereocenters. The Morgan fingerprint density at radius 1 is 0.969 bits per heavy atom. The van der Waals surface area contributed by atoms with Gasteiger partial charge in [-0.3, -0.25) is 19.3 Å². The van der Waals surface area contributed by atoms with E-state index < -0.39 is 17.4 Å². The molecule has 5 heterocycles. The van der Waals surface area contributed by atoms with Crippen molar-refractivity contribution in [3.63, 3.8) is 0 Å². The summed E-state index contributed by atoms with van der Waals surface area (Å²) in [4.78, 5) is 44.6. The van der Waals surface area contributed by atoms with Gasteiger partial charge in [-0.2, -0.15) is 0 Å². The van der Waals surface area contributed by atoms with Crippen molar-refractivity contribution in [2.45, 2.75) is 24.4 Å². The highest BCUT2D eigenvalue weighted by Crippen LogP contribution is 2.60. The van der Waals surface area contributed by atoms with Crippen LogP contribution in [0.3, 0.4) is 0 Å². The molecule has 0 aromatic heterocycles. The number of anilines is 2. The van der Waals surface area contributed by atoms with Gasteiger partial charge in [-0.05, 0) is 37.6 Å².